The Balaban J connectivity index is 1.92. The Bertz CT molecular complexity index is 930. The van der Waals surface area contributed by atoms with E-state index in [1.54, 1.807) is 0 Å². The van der Waals surface area contributed by atoms with Gasteiger partial charge in [-0.3, -0.25) is 9.59 Å². The number of aryl methyl sites for hydroxylation is 1. The fourth-order valence-electron chi connectivity index (χ4n) is 2.96. The third-order valence-corrected chi connectivity index (χ3v) is 5.13. The molecule has 1 heterocycles. The summed E-state index contributed by atoms with van der Waals surface area (Å²) in [7, 11) is 0. The number of carboxylic acid groups (broad SMARTS) is 1. The minimum absolute atomic E-state index is 0.0190. The van der Waals surface area contributed by atoms with Crippen LogP contribution in [0.1, 0.15) is 35.2 Å². The number of halogens is 1. The van der Waals surface area contributed by atoms with E-state index in [0.29, 0.717) is 24.1 Å². The summed E-state index contributed by atoms with van der Waals surface area (Å²) in [5.41, 5.74) is 2.40. The fourth-order valence-corrected chi connectivity index (χ4v) is 3.59. The Labute approximate surface area is 159 Å². The number of unbranched alkanes of at least 4 members (excludes halogenated alkanes) is 1. The highest BCUT2D eigenvalue weighted by atomic mass is 127. The molecule has 0 saturated heterocycles. The van der Waals surface area contributed by atoms with E-state index in [2.05, 4.69) is 27.2 Å². The smallest absolute Gasteiger partial charge is 0.303 e. The number of nitrogens with zero attached hydrogens (tertiary/aromatic N) is 1. The van der Waals surface area contributed by atoms with Crippen LogP contribution in [-0.4, -0.2) is 21.4 Å². The van der Waals surface area contributed by atoms with Crippen molar-refractivity contribution in [2.75, 3.05) is 0 Å². The van der Waals surface area contributed by atoms with Crippen molar-refractivity contribution in [3.8, 4) is 0 Å². The standard InChI is InChI=1S/C20H18INO3/c21-17-9-3-1-8-15(17)20(25)16-13-22(12-6-5-11-19(23)24)18-10-4-2-7-14(16)18/h1-4,7-10,13H,5-6,11-12H2,(H,23,24). The summed E-state index contributed by atoms with van der Waals surface area (Å²) in [6.45, 7) is 0.701. The van der Waals surface area contributed by atoms with Gasteiger partial charge in [0.2, 0.25) is 0 Å². The molecule has 0 unspecified atom stereocenters. The van der Waals surface area contributed by atoms with Gasteiger partial charge in [-0.15, -0.1) is 0 Å². The number of para-hydroxylation sites is 1. The van der Waals surface area contributed by atoms with Crippen LogP contribution in [0.5, 0.6) is 0 Å². The van der Waals surface area contributed by atoms with Crippen LogP contribution in [0.4, 0.5) is 0 Å². The molecule has 0 bridgehead atoms. The minimum atomic E-state index is -0.771. The topological polar surface area (TPSA) is 59.3 Å². The summed E-state index contributed by atoms with van der Waals surface area (Å²) < 4.78 is 2.99. The predicted molar refractivity (Wildman–Crippen MR) is 106 cm³/mol. The second-order valence-corrected chi connectivity index (χ2v) is 7.08. The van der Waals surface area contributed by atoms with Crippen LogP contribution < -0.4 is 0 Å². The lowest BCUT2D eigenvalue weighted by Gasteiger charge is -2.04. The van der Waals surface area contributed by atoms with Crippen LogP contribution in [0, 0.1) is 3.57 Å². The number of ketones is 1. The molecule has 2 aromatic carbocycles. The van der Waals surface area contributed by atoms with E-state index < -0.39 is 5.97 Å². The summed E-state index contributed by atoms with van der Waals surface area (Å²) in [4.78, 5) is 23.7. The lowest BCUT2D eigenvalue weighted by molar-refractivity contribution is -0.137. The van der Waals surface area contributed by atoms with Crippen molar-refractivity contribution in [1.82, 2.24) is 4.57 Å². The first-order valence-electron chi connectivity index (χ1n) is 8.17. The summed E-state index contributed by atoms with van der Waals surface area (Å²) in [6.07, 6.45) is 3.47. The second-order valence-electron chi connectivity index (χ2n) is 5.91. The molecule has 0 saturated carbocycles. The van der Waals surface area contributed by atoms with E-state index in [1.807, 2.05) is 54.7 Å². The average Bonchev–Trinajstić information content (AvgIpc) is 2.97. The number of fused-ring (bicyclic) bond motifs is 1. The normalized spacial score (nSPS) is 10.9. The first kappa shape index (κ1) is 17.7. The Morgan fingerprint density at radius 2 is 1.68 bits per heavy atom. The van der Waals surface area contributed by atoms with Crippen LogP contribution in [0.3, 0.4) is 0 Å². The molecule has 25 heavy (non-hydrogen) atoms. The molecular formula is C20H18INO3. The lowest BCUT2D eigenvalue weighted by Crippen LogP contribution is -2.03. The van der Waals surface area contributed by atoms with Gasteiger partial charge < -0.3 is 9.67 Å². The third kappa shape index (κ3) is 3.92. The van der Waals surface area contributed by atoms with Gasteiger partial charge in [-0.2, -0.15) is 0 Å². The Morgan fingerprint density at radius 3 is 2.44 bits per heavy atom. The molecule has 0 aliphatic heterocycles. The van der Waals surface area contributed by atoms with Gasteiger partial charge in [0.05, 0.1) is 0 Å². The lowest BCUT2D eigenvalue weighted by atomic mass is 10.0. The molecular weight excluding hydrogens is 429 g/mol. The number of carbonyl (C=O) groups is 2. The van der Waals surface area contributed by atoms with Crippen LogP contribution >= 0.6 is 22.6 Å². The van der Waals surface area contributed by atoms with E-state index in [0.717, 1.165) is 20.9 Å². The molecule has 0 aliphatic carbocycles. The molecule has 0 spiro atoms. The van der Waals surface area contributed by atoms with Crippen molar-refractivity contribution in [2.24, 2.45) is 0 Å². The first-order chi connectivity index (χ1) is 12.1. The zero-order chi connectivity index (χ0) is 17.8. The average molecular weight is 447 g/mol. The van der Waals surface area contributed by atoms with Crippen molar-refractivity contribution in [3.63, 3.8) is 0 Å². The third-order valence-electron chi connectivity index (χ3n) is 4.19. The number of aromatic nitrogens is 1. The zero-order valence-corrected chi connectivity index (χ0v) is 15.8. The molecule has 0 radical (unpaired) electrons. The van der Waals surface area contributed by atoms with E-state index in [4.69, 9.17) is 5.11 Å². The number of aliphatic carboxylic acids is 1. The van der Waals surface area contributed by atoms with E-state index >= 15 is 0 Å². The minimum Gasteiger partial charge on any atom is -0.481 e. The van der Waals surface area contributed by atoms with Crippen molar-refractivity contribution in [2.45, 2.75) is 25.8 Å². The molecule has 128 valence electrons. The molecule has 3 rings (SSSR count). The number of hydrogen-bond donors (Lipinski definition) is 1. The molecule has 3 aromatic rings. The largest absolute Gasteiger partial charge is 0.481 e. The SMILES string of the molecule is O=C(O)CCCCn1cc(C(=O)c2ccccc2I)c2ccccc21. The van der Waals surface area contributed by atoms with Gasteiger partial charge in [0.1, 0.15) is 0 Å². The maximum Gasteiger partial charge on any atom is 0.303 e. The number of carbonyl (C=O) groups excluding carboxylic acids is 1. The molecule has 5 heteroatoms. The zero-order valence-electron chi connectivity index (χ0n) is 13.6. The maximum atomic E-state index is 13.0. The molecule has 4 nitrogen and oxygen atoms in total. The second kappa shape index (κ2) is 7.82. The van der Waals surface area contributed by atoms with Gasteiger partial charge in [-0.25, -0.2) is 0 Å². The highest BCUT2D eigenvalue weighted by Crippen LogP contribution is 2.26. The summed E-state index contributed by atoms with van der Waals surface area (Å²) in [5.74, 6) is -0.752. The van der Waals surface area contributed by atoms with Crippen molar-refractivity contribution in [1.29, 1.82) is 0 Å². The first-order valence-corrected chi connectivity index (χ1v) is 9.24. The maximum absolute atomic E-state index is 13.0. The van der Waals surface area contributed by atoms with Gasteiger partial charge in [0.15, 0.2) is 5.78 Å². The van der Waals surface area contributed by atoms with Crippen LogP contribution in [-0.2, 0) is 11.3 Å². The number of carboxylic acids is 1. The van der Waals surface area contributed by atoms with Gasteiger partial charge in [-0.05, 0) is 53.6 Å². The van der Waals surface area contributed by atoms with Gasteiger partial charge >= 0.3 is 5.97 Å². The van der Waals surface area contributed by atoms with E-state index in [-0.39, 0.29) is 12.2 Å². The van der Waals surface area contributed by atoms with Crippen molar-refractivity contribution in [3.05, 3.63) is 69.4 Å². The number of benzene rings is 2. The molecule has 0 atom stereocenters. The van der Waals surface area contributed by atoms with Gasteiger partial charge in [0, 0.05) is 44.8 Å². The monoisotopic (exact) mass is 447 g/mol. The molecule has 1 N–H and O–H groups in total. The highest BCUT2D eigenvalue weighted by molar-refractivity contribution is 14.1. The number of rotatable bonds is 7. The highest BCUT2D eigenvalue weighted by Gasteiger charge is 2.18. The Morgan fingerprint density at radius 1 is 0.960 bits per heavy atom. The number of hydrogen-bond acceptors (Lipinski definition) is 2. The van der Waals surface area contributed by atoms with E-state index in [1.165, 1.54) is 0 Å². The summed E-state index contributed by atoms with van der Waals surface area (Å²) >= 11 is 2.18. The fraction of sp³-hybridized carbons (Fsp3) is 0.200. The van der Waals surface area contributed by atoms with E-state index in [9.17, 15) is 9.59 Å². The molecule has 0 aliphatic rings. The molecule has 1 aromatic heterocycles. The molecule has 0 fully saturated rings. The molecule has 0 amide bonds. The quantitative estimate of drug-likeness (QED) is 0.324. The van der Waals surface area contributed by atoms with Gasteiger partial charge in [-0.1, -0.05) is 30.3 Å². The van der Waals surface area contributed by atoms with Crippen LogP contribution in [0.25, 0.3) is 10.9 Å². The Kier molecular flexibility index (Phi) is 5.53. The van der Waals surface area contributed by atoms with Crippen molar-refractivity contribution >= 4 is 45.2 Å². The Hall–Kier alpha value is -2.15. The van der Waals surface area contributed by atoms with Crippen molar-refractivity contribution < 1.29 is 14.7 Å². The van der Waals surface area contributed by atoms with Crippen LogP contribution in [0.2, 0.25) is 0 Å². The summed E-state index contributed by atoms with van der Waals surface area (Å²) in [6, 6.07) is 15.4. The van der Waals surface area contributed by atoms with Crippen LogP contribution in [0.15, 0.2) is 54.7 Å². The predicted octanol–water partition coefficient (Wildman–Crippen LogP) is 4.73. The van der Waals surface area contributed by atoms with Gasteiger partial charge in [0.25, 0.3) is 0 Å². The summed E-state index contributed by atoms with van der Waals surface area (Å²) in [5, 5.41) is 9.69.